The molecule has 4 unspecified atom stereocenters. The summed E-state index contributed by atoms with van der Waals surface area (Å²) in [7, 11) is 0. The van der Waals surface area contributed by atoms with Crippen molar-refractivity contribution in [1.29, 1.82) is 0 Å². The predicted molar refractivity (Wildman–Crippen MR) is 69.3 cm³/mol. The highest BCUT2D eigenvalue weighted by Crippen LogP contribution is 2.07. The molecule has 0 fully saturated rings. The Kier molecular flexibility index (Phi) is 10.5. The van der Waals surface area contributed by atoms with Gasteiger partial charge in [0.05, 0.1) is 6.10 Å². The summed E-state index contributed by atoms with van der Waals surface area (Å²) in [5.41, 5.74) is 9.90. The maximum Gasteiger partial charge on any atom is 0.220 e. The number of amides is 2. The largest absolute Gasteiger partial charge is 0.396 e. The van der Waals surface area contributed by atoms with E-state index in [1.165, 1.54) is 0 Å². The van der Waals surface area contributed by atoms with E-state index in [1.807, 2.05) is 0 Å². The molecule has 4 atom stereocenters. The number of aliphatic hydroxyl groups excluding tert-OH is 2. The first-order valence-corrected chi connectivity index (χ1v) is 6.00. The summed E-state index contributed by atoms with van der Waals surface area (Å²) in [5.74, 6) is -1.17. The number of carbonyl (C=O) groups is 2. The van der Waals surface area contributed by atoms with Gasteiger partial charge >= 0.3 is 0 Å². The van der Waals surface area contributed by atoms with Crippen LogP contribution in [0.25, 0.3) is 0 Å². The van der Waals surface area contributed by atoms with Gasteiger partial charge in [0.15, 0.2) is 0 Å². The van der Waals surface area contributed by atoms with Gasteiger partial charge in [0, 0.05) is 18.4 Å². The van der Waals surface area contributed by atoms with Gasteiger partial charge in [-0.2, -0.15) is 0 Å². The van der Waals surface area contributed by atoms with Crippen molar-refractivity contribution in [3.63, 3.8) is 0 Å². The fraction of sp³-hybridized carbons (Fsp3) is 0.833. The molecule has 108 valence electrons. The van der Waals surface area contributed by atoms with Gasteiger partial charge in [0.1, 0.15) is 0 Å². The number of rotatable bonds is 6. The van der Waals surface area contributed by atoms with Gasteiger partial charge in [-0.25, -0.2) is 0 Å². The van der Waals surface area contributed by atoms with Crippen molar-refractivity contribution in [2.75, 3.05) is 6.61 Å². The number of carbonyl (C=O) groups excluding carboxylic acids is 2. The van der Waals surface area contributed by atoms with Crippen LogP contribution < -0.4 is 11.5 Å². The molecule has 6 heteroatoms. The first-order valence-electron chi connectivity index (χ1n) is 6.00. The van der Waals surface area contributed by atoms with E-state index in [0.717, 1.165) is 0 Å². The van der Waals surface area contributed by atoms with Gasteiger partial charge in [0.25, 0.3) is 0 Å². The number of primary amides is 2. The summed E-state index contributed by atoms with van der Waals surface area (Å²) in [5, 5.41) is 17.3. The molecule has 18 heavy (non-hydrogen) atoms. The summed E-state index contributed by atoms with van der Waals surface area (Å²) < 4.78 is 0. The van der Waals surface area contributed by atoms with Crippen molar-refractivity contribution in [2.45, 2.75) is 40.2 Å². The van der Waals surface area contributed by atoms with E-state index in [1.54, 1.807) is 27.7 Å². The van der Waals surface area contributed by atoms with Crippen molar-refractivity contribution in [2.24, 2.45) is 29.2 Å². The summed E-state index contributed by atoms with van der Waals surface area (Å²) >= 11 is 0. The number of hydrogen-bond donors (Lipinski definition) is 4. The molecule has 0 aliphatic carbocycles. The predicted octanol–water partition coefficient (Wildman–Crippen LogP) is -0.385. The van der Waals surface area contributed by atoms with E-state index >= 15 is 0 Å². The number of aliphatic hydroxyl groups is 2. The van der Waals surface area contributed by atoms with E-state index in [0.29, 0.717) is 6.42 Å². The minimum atomic E-state index is -0.438. The highest BCUT2D eigenvalue weighted by molar-refractivity contribution is 5.76. The summed E-state index contributed by atoms with van der Waals surface area (Å²) in [6.45, 7) is 6.86. The lowest BCUT2D eigenvalue weighted by atomic mass is 9.97. The average Bonchev–Trinajstić information content (AvgIpc) is 2.26. The van der Waals surface area contributed by atoms with Crippen molar-refractivity contribution >= 4 is 11.8 Å². The zero-order chi connectivity index (χ0) is 14.9. The molecule has 0 bridgehead atoms. The van der Waals surface area contributed by atoms with Gasteiger partial charge < -0.3 is 21.7 Å². The van der Waals surface area contributed by atoms with E-state index in [2.05, 4.69) is 0 Å². The first-order chi connectivity index (χ1) is 8.13. The van der Waals surface area contributed by atoms with Crippen LogP contribution in [0.5, 0.6) is 0 Å². The van der Waals surface area contributed by atoms with Crippen LogP contribution in [0.4, 0.5) is 0 Å². The highest BCUT2D eigenvalue weighted by atomic mass is 16.3. The van der Waals surface area contributed by atoms with Crippen molar-refractivity contribution in [1.82, 2.24) is 0 Å². The van der Waals surface area contributed by atoms with E-state index in [4.69, 9.17) is 21.7 Å². The lowest BCUT2D eigenvalue weighted by Crippen LogP contribution is -2.27. The second kappa shape index (κ2) is 9.85. The molecule has 6 N–H and O–H groups in total. The van der Waals surface area contributed by atoms with Crippen molar-refractivity contribution < 1.29 is 19.8 Å². The Labute approximate surface area is 108 Å². The van der Waals surface area contributed by atoms with E-state index in [-0.39, 0.29) is 36.2 Å². The van der Waals surface area contributed by atoms with Gasteiger partial charge in [-0.3, -0.25) is 9.59 Å². The molecule has 0 radical (unpaired) electrons. The monoisotopic (exact) mass is 262 g/mol. The molecular formula is C12H26N2O4. The lowest BCUT2D eigenvalue weighted by Gasteiger charge is -2.12. The van der Waals surface area contributed by atoms with Crippen LogP contribution in [0.2, 0.25) is 0 Å². The quantitative estimate of drug-likeness (QED) is 0.520. The van der Waals surface area contributed by atoms with Gasteiger partial charge in [0.2, 0.25) is 11.8 Å². The Morgan fingerprint density at radius 1 is 1.06 bits per heavy atom. The molecule has 0 heterocycles. The molecule has 0 spiro atoms. The van der Waals surface area contributed by atoms with E-state index in [9.17, 15) is 9.59 Å². The number of hydrogen-bond acceptors (Lipinski definition) is 4. The Balaban J connectivity index is 0. The molecular weight excluding hydrogens is 236 g/mol. The standard InChI is InChI=1S/2C6H13NO2/c1-4(3-8)5(2)6(7)9;1-4(6(7)9)3-5(2)8/h2*4-5,8H,3H2,1-2H3,(H2,7,9). The smallest absolute Gasteiger partial charge is 0.220 e. The molecule has 0 aliphatic rings. The van der Waals surface area contributed by atoms with Crippen molar-refractivity contribution in [3.05, 3.63) is 0 Å². The summed E-state index contributed by atoms with van der Waals surface area (Å²) in [6.07, 6.45) is 0.0162. The Bertz CT molecular complexity index is 256. The van der Waals surface area contributed by atoms with Crippen LogP contribution in [-0.4, -0.2) is 34.7 Å². The second-order valence-electron chi connectivity index (χ2n) is 4.74. The molecule has 0 aliphatic heterocycles. The molecule has 0 aromatic heterocycles. The normalized spacial score (nSPS) is 16.8. The molecule has 0 saturated carbocycles. The van der Waals surface area contributed by atoms with Gasteiger partial charge in [-0.05, 0) is 19.3 Å². The van der Waals surface area contributed by atoms with E-state index < -0.39 is 6.10 Å². The fourth-order valence-electron chi connectivity index (χ4n) is 1.07. The van der Waals surface area contributed by atoms with Crippen molar-refractivity contribution in [3.8, 4) is 0 Å². The Hall–Kier alpha value is -1.14. The number of nitrogens with two attached hydrogens (primary N) is 2. The van der Waals surface area contributed by atoms with Crippen LogP contribution in [0, 0.1) is 17.8 Å². The Morgan fingerprint density at radius 3 is 1.61 bits per heavy atom. The van der Waals surface area contributed by atoms with Crippen LogP contribution >= 0.6 is 0 Å². The van der Waals surface area contributed by atoms with Gasteiger partial charge in [-0.1, -0.05) is 20.8 Å². The SMILES string of the molecule is CC(CO)C(C)C(N)=O.CC(O)CC(C)C(N)=O. The minimum absolute atomic E-state index is 0.0180. The maximum absolute atomic E-state index is 10.4. The molecule has 0 saturated heterocycles. The zero-order valence-electron chi connectivity index (χ0n) is 11.6. The third-order valence-corrected chi connectivity index (χ3v) is 2.77. The fourth-order valence-corrected chi connectivity index (χ4v) is 1.07. The van der Waals surface area contributed by atoms with Gasteiger partial charge in [-0.15, -0.1) is 0 Å². The topological polar surface area (TPSA) is 127 Å². The third-order valence-electron chi connectivity index (χ3n) is 2.77. The lowest BCUT2D eigenvalue weighted by molar-refractivity contribution is -0.123. The third kappa shape index (κ3) is 10.0. The first kappa shape index (κ1) is 19.2. The summed E-state index contributed by atoms with van der Waals surface area (Å²) in [4.78, 5) is 20.8. The summed E-state index contributed by atoms with van der Waals surface area (Å²) in [6, 6.07) is 0. The Morgan fingerprint density at radius 2 is 1.50 bits per heavy atom. The molecule has 0 aromatic carbocycles. The second-order valence-corrected chi connectivity index (χ2v) is 4.74. The van der Waals surface area contributed by atoms with Crippen LogP contribution in [0.15, 0.2) is 0 Å². The molecule has 0 aromatic rings. The van der Waals surface area contributed by atoms with Crippen LogP contribution in [0.1, 0.15) is 34.1 Å². The molecule has 6 nitrogen and oxygen atoms in total. The molecule has 0 rings (SSSR count). The maximum atomic E-state index is 10.4. The minimum Gasteiger partial charge on any atom is -0.396 e. The highest BCUT2D eigenvalue weighted by Gasteiger charge is 2.15. The zero-order valence-corrected chi connectivity index (χ0v) is 11.6. The van der Waals surface area contributed by atoms with Crippen LogP contribution in [-0.2, 0) is 9.59 Å². The average molecular weight is 262 g/mol. The van der Waals surface area contributed by atoms with Crippen LogP contribution in [0.3, 0.4) is 0 Å². The molecule has 2 amide bonds.